The van der Waals surface area contributed by atoms with Crippen molar-refractivity contribution in [2.24, 2.45) is 0 Å². The lowest BCUT2D eigenvalue weighted by Gasteiger charge is -2.13. The lowest BCUT2D eigenvalue weighted by molar-refractivity contribution is 1.13. The predicted molar refractivity (Wildman–Crippen MR) is 215 cm³/mol. The van der Waals surface area contributed by atoms with Crippen molar-refractivity contribution in [2.45, 2.75) is 0 Å². The third-order valence-corrected chi connectivity index (χ3v) is 10.6. The number of hydrogen-bond acceptors (Lipinski definition) is 0. The van der Waals surface area contributed by atoms with Crippen molar-refractivity contribution in [1.29, 1.82) is 0 Å². The Morgan fingerprint density at radius 2 is 0.941 bits per heavy atom. The number of para-hydroxylation sites is 4. The predicted octanol–water partition coefficient (Wildman–Crippen LogP) is 12.6. The molecule has 0 N–H and O–H groups in total. The molecular formula is C48H31N3. The van der Waals surface area contributed by atoms with Crippen molar-refractivity contribution in [2.75, 3.05) is 0 Å². The van der Waals surface area contributed by atoms with Gasteiger partial charge < -0.3 is 13.7 Å². The molecule has 3 heterocycles. The van der Waals surface area contributed by atoms with Gasteiger partial charge in [0.1, 0.15) is 0 Å². The molecule has 0 aliphatic rings. The van der Waals surface area contributed by atoms with Gasteiger partial charge in [-0.05, 0) is 95.4 Å². The first kappa shape index (κ1) is 28.0. The molecule has 0 saturated heterocycles. The minimum atomic E-state index is 1.15. The second-order valence-electron chi connectivity index (χ2n) is 13.4. The molecule has 0 fully saturated rings. The monoisotopic (exact) mass is 649 g/mol. The Morgan fingerprint density at radius 1 is 0.294 bits per heavy atom. The molecule has 3 nitrogen and oxygen atoms in total. The van der Waals surface area contributed by atoms with Gasteiger partial charge in [0.05, 0.1) is 27.6 Å². The lowest BCUT2D eigenvalue weighted by atomic mass is 10.0. The van der Waals surface area contributed by atoms with Crippen molar-refractivity contribution >= 4 is 65.3 Å². The van der Waals surface area contributed by atoms with Crippen LogP contribution in [-0.2, 0) is 0 Å². The first-order chi connectivity index (χ1) is 25.3. The van der Waals surface area contributed by atoms with Gasteiger partial charge in [0.15, 0.2) is 0 Å². The molecule has 3 aromatic heterocycles. The number of rotatable bonds is 4. The largest absolute Gasteiger partial charge is 0.317 e. The van der Waals surface area contributed by atoms with Gasteiger partial charge in [-0.2, -0.15) is 0 Å². The Labute approximate surface area is 294 Å². The SMILES string of the molecule is c1ccc(-n2ccc3cc4c(ccc5c6ccccc6n(-c6cccc(-c7ccc8c(c7)c7ccccc7n8-c7ccccc7)c6)c45)cc32)cc1. The second-order valence-corrected chi connectivity index (χ2v) is 13.4. The zero-order chi connectivity index (χ0) is 33.5. The molecule has 0 aliphatic carbocycles. The van der Waals surface area contributed by atoms with Crippen molar-refractivity contribution in [1.82, 2.24) is 13.7 Å². The molecule has 51 heavy (non-hydrogen) atoms. The van der Waals surface area contributed by atoms with Crippen LogP contribution in [0.4, 0.5) is 0 Å². The maximum Gasteiger partial charge on any atom is 0.0619 e. The third kappa shape index (κ3) is 4.19. The summed E-state index contributed by atoms with van der Waals surface area (Å²) in [7, 11) is 0. The van der Waals surface area contributed by atoms with E-state index < -0.39 is 0 Å². The lowest BCUT2D eigenvalue weighted by Crippen LogP contribution is -1.95. The number of hydrogen-bond donors (Lipinski definition) is 0. The van der Waals surface area contributed by atoms with Crippen LogP contribution < -0.4 is 0 Å². The maximum atomic E-state index is 2.47. The minimum Gasteiger partial charge on any atom is -0.317 e. The number of fused-ring (bicyclic) bond motifs is 9. The fraction of sp³-hybridized carbons (Fsp3) is 0. The van der Waals surface area contributed by atoms with Crippen LogP contribution in [0.2, 0.25) is 0 Å². The zero-order valence-corrected chi connectivity index (χ0v) is 27.7. The summed E-state index contributed by atoms with van der Waals surface area (Å²) in [6, 6.07) is 66.3. The molecule has 0 saturated carbocycles. The molecule has 11 aromatic rings. The van der Waals surface area contributed by atoms with E-state index >= 15 is 0 Å². The topological polar surface area (TPSA) is 14.8 Å². The fourth-order valence-electron chi connectivity index (χ4n) is 8.33. The average Bonchev–Trinajstić information content (AvgIpc) is 3.87. The van der Waals surface area contributed by atoms with Crippen LogP contribution in [0.15, 0.2) is 188 Å². The summed E-state index contributed by atoms with van der Waals surface area (Å²) >= 11 is 0. The first-order valence-electron chi connectivity index (χ1n) is 17.5. The van der Waals surface area contributed by atoms with Crippen LogP contribution in [0.1, 0.15) is 0 Å². The van der Waals surface area contributed by atoms with Gasteiger partial charge in [-0.1, -0.05) is 103 Å². The van der Waals surface area contributed by atoms with Crippen LogP contribution in [0.5, 0.6) is 0 Å². The van der Waals surface area contributed by atoms with Gasteiger partial charge in [0.2, 0.25) is 0 Å². The molecule has 0 spiro atoms. The summed E-state index contributed by atoms with van der Waals surface area (Å²) in [6.07, 6.45) is 2.18. The summed E-state index contributed by atoms with van der Waals surface area (Å²) in [4.78, 5) is 0. The molecular weight excluding hydrogens is 619 g/mol. The highest BCUT2D eigenvalue weighted by molar-refractivity contribution is 6.20. The van der Waals surface area contributed by atoms with E-state index in [4.69, 9.17) is 0 Å². The standard InChI is InChI=1S/C48H31N3/c1-3-13-36(14-4-1)49-27-26-35-30-42-34(31-47(35)49)22-24-41-39-18-7-10-21-45(39)51(48(41)42)38-17-11-12-32(28-38)33-23-25-46-43(29-33)40-19-8-9-20-44(40)50(46)37-15-5-2-6-16-37/h1-31H. The van der Waals surface area contributed by atoms with Gasteiger partial charge in [-0.3, -0.25) is 0 Å². The fourth-order valence-corrected chi connectivity index (χ4v) is 8.33. The third-order valence-electron chi connectivity index (χ3n) is 10.6. The van der Waals surface area contributed by atoms with E-state index in [9.17, 15) is 0 Å². The Balaban J connectivity index is 1.12. The maximum absolute atomic E-state index is 2.47. The van der Waals surface area contributed by atoms with Gasteiger partial charge in [0, 0.05) is 55.6 Å². The van der Waals surface area contributed by atoms with E-state index in [1.54, 1.807) is 0 Å². The molecule has 3 heteroatoms. The average molecular weight is 650 g/mol. The number of nitrogens with zero attached hydrogens (tertiary/aromatic N) is 3. The Morgan fingerprint density at radius 3 is 1.75 bits per heavy atom. The van der Waals surface area contributed by atoms with E-state index in [0.717, 1.165) is 5.69 Å². The van der Waals surface area contributed by atoms with Gasteiger partial charge in [0.25, 0.3) is 0 Å². The first-order valence-corrected chi connectivity index (χ1v) is 17.5. The number of aromatic nitrogens is 3. The molecule has 238 valence electrons. The van der Waals surface area contributed by atoms with Gasteiger partial charge >= 0.3 is 0 Å². The van der Waals surface area contributed by atoms with Crippen LogP contribution in [0.3, 0.4) is 0 Å². The summed E-state index contributed by atoms with van der Waals surface area (Å²) in [5.41, 5.74) is 12.0. The number of benzene rings is 8. The molecule has 0 radical (unpaired) electrons. The van der Waals surface area contributed by atoms with E-state index in [1.165, 1.54) is 87.8 Å². The van der Waals surface area contributed by atoms with Crippen molar-refractivity contribution < 1.29 is 0 Å². The Kier molecular flexibility index (Phi) is 5.96. The highest BCUT2D eigenvalue weighted by Gasteiger charge is 2.18. The highest BCUT2D eigenvalue weighted by Crippen LogP contribution is 2.40. The van der Waals surface area contributed by atoms with Gasteiger partial charge in [-0.15, -0.1) is 0 Å². The quantitative estimate of drug-likeness (QED) is 0.180. The van der Waals surface area contributed by atoms with E-state index in [1.807, 2.05) is 0 Å². The van der Waals surface area contributed by atoms with Crippen LogP contribution in [0, 0.1) is 0 Å². The van der Waals surface area contributed by atoms with Crippen LogP contribution in [0.25, 0.3) is 93.5 Å². The molecule has 0 aliphatic heterocycles. The highest BCUT2D eigenvalue weighted by atomic mass is 15.0. The molecule has 0 unspecified atom stereocenters. The Hall–Kier alpha value is -6.84. The summed E-state index contributed by atoms with van der Waals surface area (Å²) in [5, 5.41) is 8.75. The summed E-state index contributed by atoms with van der Waals surface area (Å²) < 4.78 is 7.13. The smallest absolute Gasteiger partial charge is 0.0619 e. The second kappa shape index (κ2) is 10.8. The molecule has 0 bridgehead atoms. The summed E-state index contributed by atoms with van der Waals surface area (Å²) in [5.74, 6) is 0. The van der Waals surface area contributed by atoms with Crippen molar-refractivity contribution in [3.63, 3.8) is 0 Å². The molecule has 11 rings (SSSR count). The molecule has 0 amide bonds. The van der Waals surface area contributed by atoms with E-state index in [-0.39, 0.29) is 0 Å². The normalized spacial score (nSPS) is 11.9. The zero-order valence-electron chi connectivity index (χ0n) is 27.7. The van der Waals surface area contributed by atoms with Crippen molar-refractivity contribution in [3.05, 3.63) is 188 Å². The van der Waals surface area contributed by atoms with Crippen LogP contribution in [-0.4, -0.2) is 13.7 Å². The van der Waals surface area contributed by atoms with Crippen molar-refractivity contribution in [3.8, 4) is 28.2 Å². The Bertz CT molecular complexity index is 3120. The van der Waals surface area contributed by atoms with Crippen LogP contribution >= 0.6 is 0 Å². The summed E-state index contributed by atoms with van der Waals surface area (Å²) in [6.45, 7) is 0. The van der Waals surface area contributed by atoms with Gasteiger partial charge in [-0.25, -0.2) is 0 Å². The van der Waals surface area contributed by atoms with E-state index in [2.05, 4.69) is 202 Å². The molecule has 0 atom stereocenters. The van der Waals surface area contributed by atoms with E-state index in [0.29, 0.717) is 0 Å². The minimum absolute atomic E-state index is 1.15. The molecule has 8 aromatic carbocycles.